The lowest BCUT2D eigenvalue weighted by Crippen LogP contribution is -2.30. The summed E-state index contributed by atoms with van der Waals surface area (Å²) in [5.74, 6) is 0. The highest BCUT2D eigenvalue weighted by molar-refractivity contribution is 7.13. The minimum atomic E-state index is 0.0178. The van der Waals surface area contributed by atoms with E-state index in [0.717, 1.165) is 58.3 Å². The largest absolute Gasteiger partial charge is 0.382 e. The van der Waals surface area contributed by atoms with E-state index in [0.29, 0.717) is 12.1 Å². The first-order valence-corrected chi connectivity index (χ1v) is 10.3. The van der Waals surface area contributed by atoms with Crippen LogP contribution in [0, 0.1) is 6.92 Å². The molecule has 0 atom stereocenters. The molecule has 0 bridgehead atoms. The number of rotatable bonds is 4. The van der Waals surface area contributed by atoms with E-state index in [1.165, 1.54) is 0 Å². The molecule has 2 aromatic heterocycles. The monoisotopic (exact) mass is 383 g/mol. The molecular weight excluding hydrogens is 358 g/mol. The Hall–Kier alpha value is -2.18. The van der Waals surface area contributed by atoms with Crippen molar-refractivity contribution in [2.24, 2.45) is 7.05 Å². The summed E-state index contributed by atoms with van der Waals surface area (Å²) in [5.41, 5.74) is 6.04. The van der Waals surface area contributed by atoms with Crippen LogP contribution < -0.4 is 10.9 Å². The summed E-state index contributed by atoms with van der Waals surface area (Å²) in [6.07, 6.45) is 6.49. The van der Waals surface area contributed by atoms with Crippen molar-refractivity contribution in [3.05, 3.63) is 45.8 Å². The van der Waals surface area contributed by atoms with Gasteiger partial charge < -0.3 is 14.6 Å². The van der Waals surface area contributed by atoms with Crippen molar-refractivity contribution >= 4 is 27.9 Å². The Kier molecular flexibility index (Phi) is 5.02. The zero-order chi connectivity index (χ0) is 19.0. The summed E-state index contributed by atoms with van der Waals surface area (Å²) in [6, 6.07) is 6.43. The molecule has 0 amide bonds. The maximum atomic E-state index is 12.6. The van der Waals surface area contributed by atoms with Gasteiger partial charge in [0.25, 0.3) is 5.56 Å². The lowest BCUT2D eigenvalue weighted by molar-refractivity contribution is 0.0682. The molecule has 0 saturated heterocycles. The van der Waals surface area contributed by atoms with Gasteiger partial charge in [-0.3, -0.25) is 9.78 Å². The average molecular weight is 384 g/mol. The van der Waals surface area contributed by atoms with Gasteiger partial charge in [-0.15, -0.1) is 11.3 Å². The Morgan fingerprint density at radius 1 is 1.22 bits per heavy atom. The fourth-order valence-electron chi connectivity index (χ4n) is 4.12. The number of hydrogen-bond donors (Lipinski definition) is 1. The molecule has 0 radical (unpaired) electrons. The molecule has 1 aliphatic carbocycles. The van der Waals surface area contributed by atoms with Gasteiger partial charge in [0.1, 0.15) is 0 Å². The number of nitrogens with zero attached hydrogens (tertiary/aromatic N) is 2. The Morgan fingerprint density at radius 2 is 2.00 bits per heavy atom. The molecule has 0 aliphatic heterocycles. The van der Waals surface area contributed by atoms with Gasteiger partial charge in [0.15, 0.2) is 0 Å². The van der Waals surface area contributed by atoms with Crippen molar-refractivity contribution in [2.75, 3.05) is 12.4 Å². The SMILES string of the molecule is COC1CCC(Nc2cc(=O)n(C)c3c(C)cc(-c4cncs4)cc23)CC1. The second-order valence-electron chi connectivity index (χ2n) is 7.36. The van der Waals surface area contributed by atoms with Crippen LogP contribution >= 0.6 is 11.3 Å². The van der Waals surface area contributed by atoms with Gasteiger partial charge in [-0.2, -0.15) is 0 Å². The number of pyridine rings is 1. The Bertz CT molecular complexity index is 1000. The van der Waals surface area contributed by atoms with E-state index in [9.17, 15) is 4.79 Å². The van der Waals surface area contributed by atoms with E-state index in [4.69, 9.17) is 4.74 Å². The molecule has 6 heteroatoms. The Morgan fingerprint density at radius 3 is 2.67 bits per heavy atom. The molecule has 3 aromatic rings. The van der Waals surface area contributed by atoms with E-state index in [2.05, 4.69) is 29.4 Å². The Labute approximate surface area is 163 Å². The summed E-state index contributed by atoms with van der Waals surface area (Å²) in [7, 11) is 3.63. The van der Waals surface area contributed by atoms with Gasteiger partial charge in [-0.25, -0.2) is 0 Å². The molecule has 2 heterocycles. The number of thiazole rings is 1. The highest BCUT2D eigenvalue weighted by Gasteiger charge is 2.22. The third-order valence-electron chi connectivity index (χ3n) is 5.61. The van der Waals surface area contributed by atoms with E-state index in [1.807, 2.05) is 18.8 Å². The first-order chi connectivity index (χ1) is 13.1. The number of aromatic nitrogens is 2. The zero-order valence-corrected chi connectivity index (χ0v) is 16.8. The van der Waals surface area contributed by atoms with Crippen LogP contribution in [0.1, 0.15) is 31.2 Å². The minimum Gasteiger partial charge on any atom is -0.382 e. The van der Waals surface area contributed by atoms with Crippen molar-refractivity contribution in [2.45, 2.75) is 44.8 Å². The summed E-state index contributed by atoms with van der Waals surface area (Å²) < 4.78 is 7.23. The van der Waals surface area contributed by atoms with Crippen LogP contribution in [0.3, 0.4) is 0 Å². The second-order valence-corrected chi connectivity index (χ2v) is 8.25. The van der Waals surface area contributed by atoms with Gasteiger partial charge in [-0.05, 0) is 55.9 Å². The lowest BCUT2D eigenvalue weighted by atomic mass is 9.92. The maximum Gasteiger partial charge on any atom is 0.252 e. The number of benzene rings is 1. The van der Waals surface area contributed by atoms with Crippen LogP contribution in [0.25, 0.3) is 21.3 Å². The molecule has 1 fully saturated rings. The van der Waals surface area contributed by atoms with E-state index in [1.54, 1.807) is 29.1 Å². The molecule has 0 unspecified atom stereocenters. The summed E-state index contributed by atoms with van der Waals surface area (Å²) >= 11 is 1.63. The highest BCUT2D eigenvalue weighted by Crippen LogP contribution is 2.33. The van der Waals surface area contributed by atoms with E-state index in [-0.39, 0.29) is 5.56 Å². The van der Waals surface area contributed by atoms with Gasteiger partial charge in [0.05, 0.1) is 22.0 Å². The normalized spacial score (nSPS) is 20.1. The third-order valence-corrected chi connectivity index (χ3v) is 6.43. The van der Waals surface area contributed by atoms with Crippen molar-refractivity contribution in [3.8, 4) is 10.4 Å². The predicted octanol–water partition coefficient (Wildman–Crippen LogP) is 4.34. The summed E-state index contributed by atoms with van der Waals surface area (Å²) in [4.78, 5) is 17.9. The van der Waals surface area contributed by atoms with Crippen LogP contribution in [-0.4, -0.2) is 28.8 Å². The maximum absolute atomic E-state index is 12.6. The molecule has 1 saturated carbocycles. The molecule has 1 N–H and O–H groups in total. The van der Waals surface area contributed by atoms with Gasteiger partial charge in [0.2, 0.25) is 0 Å². The number of nitrogens with one attached hydrogen (secondary N) is 1. The summed E-state index contributed by atoms with van der Waals surface area (Å²) in [5, 5.41) is 4.75. The van der Waals surface area contributed by atoms with Gasteiger partial charge in [0, 0.05) is 43.5 Å². The number of ether oxygens (including phenoxy) is 1. The van der Waals surface area contributed by atoms with Crippen LogP contribution in [0.4, 0.5) is 5.69 Å². The van der Waals surface area contributed by atoms with Crippen LogP contribution in [0.5, 0.6) is 0 Å². The predicted molar refractivity (Wildman–Crippen MR) is 112 cm³/mol. The molecule has 1 aliphatic rings. The Balaban J connectivity index is 1.77. The van der Waals surface area contributed by atoms with Crippen molar-refractivity contribution in [3.63, 3.8) is 0 Å². The number of anilines is 1. The van der Waals surface area contributed by atoms with Crippen LogP contribution in [0.2, 0.25) is 0 Å². The van der Waals surface area contributed by atoms with E-state index < -0.39 is 0 Å². The third kappa shape index (κ3) is 3.51. The van der Waals surface area contributed by atoms with Gasteiger partial charge in [-0.1, -0.05) is 0 Å². The first kappa shape index (κ1) is 18.2. The minimum absolute atomic E-state index is 0.0178. The average Bonchev–Trinajstić information content (AvgIpc) is 3.21. The fourth-order valence-corrected chi connectivity index (χ4v) is 4.73. The topological polar surface area (TPSA) is 56.1 Å². The highest BCUT2D eigenvalue weighted by atomic mass is 32.1. The molecule has 5 nitrogen and oxygen atoms in total. The molecular formula is C21H25N3O2S. The number of aryl methyl sites for hydroxylation is 2. The standard InChI is InChI=1S/C21H25N3O2S/c1-13-8-14(19-11-22-12-27-19)9-17-18(10-20(25)24(2)21(13)17)23-15-4-6-16(26-3)7-5-15/h8-12,15-16,23H,4-7H2,1-3H3. The molecule has 27 heavy (non-hydrogen) atoms. The second kappa shape index (κ2) is 7.44. The summed E-state index contributed by atoms with van der Waals surface area (Å²) in [6.45, 7) is 2.07. The molecule has 1 aromatic carbocycles. The molecule has 0 spiro atoms. The number of hydrogen-bond acceptors (Lipinski definition) is 5. The number of methoxy groups -OCH3 is 1. The van der Waals surface area contributed by atoms with Crippen molar-refractivity contribution < 1.29 is 4.74 Å². The fraction of sp³-hybridized carbons (Fsp3) is 0.429. The van der Waals surface area contributed by atoms with Crippen molar-refractivity contribution in [1.82, 2.24) is 9.55 Å². The quantitative estimate of drug-likeness (QED) is 0.728. The smallest absolute Gasteiger partial charge is 0.252 e. The van der Waals surface area contributed by atoms with Gasteiger partial charge >= 0.3 is 0 Å². The lowest BCUT2D eigenvalue weighted by Gasteiger charge is -2.29. The first-order valence-electron chi connectivity index (χ1n) is 9.39. The molecule has 142 valence electrons. The van der Waals surface area contributed by atoms with Crippen LogP contribution in [0.15, 0.2) is 34.7 Å². The van der Waals surface area contributed by atoms with E-state index >= 15 is 0 Å². The number of fused-ring (bicyclic) bond motifs is 1. The van der Waals surface area contributed by atoms with Crippen molar-refractivity contribution in [1.29, 1.82) is 0 Å². The zero-order valence-electron chi connectivity index (χ0n) is 16.0. The van der Waals surface area contributed by atoms with Crippen LogP contribution in [-0.2, 0) is 11.8 Å². The molecule has 4 rings (SSSR count).